The second-order valence-electron chi connectivity index (χ2n) is 4.79. The molecule has 2 aromatic carbocycles. The van der Waals surface area contributed by atoms with E-state index in [0.29, 0.717) is 11.1 Å². The molecule has 1 aliphatic heterocycles. The minimum atomic E-state index is -3.74. The summed E-state index contributed by atoms with van der Waals surface area (Å²) in [6.45, 7) is 0.0872. The van der Waals surface area contributed by atoms with E-state index in [1.54, 1.807) is 24.3 Å². The number of para-hydroxylation sites is 1. The van der Waals surface area contributed by atoms with Crippen molar-refractivity contribution in [2.45, 2.75) is 11.4 Å². The quantitative estimate of drug-likeness (QED) is 0.865. The molecule has 118 valence electrons. The van der Waals surface area contributed by atoms with Gasteiger partial charge in [0.15, 0.2) is 0 Å². The fraction of sp³-hybridized carbons (Fsp3) is 0.133. The van der Waals surface area contributed by atoms with Crippen molar-refractivity contribution >= 4 is 16.1 Å². The zero-order chi connectivity index (χ0) is 16.4. The summed E-state index contributed by atoms with van der Waals surface area (Å²) in [5.41, 5.74) is 0.717. The summed E-state index contributed by atoms with van der Waals surface area (Å²) < 4.78 is 32.4. The van der Waals surface area contributed by atoms with E-state index >= 15 is 0 Å². The molecule has 1 heterocycles. The van der Waals surface area contributed by atoms with Gasteiger partial charge in [-0.1, -0.05) is 18.2 Å². The van der Waals surface area contributed by atoms with Gasteiger partial charge in [0.1, 0.15) is 5.75 Å². The SMILES string of the molecule is COc1ccccc1CNS(=O)(=O)c1ccc2c(c1)=NC(=O)N=2. The highest BCUT2D eigenvalue weighted by Gasteiger charge is 2.16. The fourth-order valence-electron chi connectivity index (χ4n) is 2.19. The van der Waals surface area contributed by atoms with Gasteiger partial charge in [0.05, 0.1) is 22.7 Å². The fourth-order valence-corrected chi connectivity index (χ4v) is 3.22. The van der Waals surface area contributed by atoms with Crippen molar-refractivity contribution in [3.05, 3.63) is 58.7 Å². The summed E-state index contributed by atoms with van der Waals surface area (Å²) >= 11 is 0. The number of rotatable bonds is 5. The first kappa shape index (κ1) is 15.3. The third-order valence-corrected chi connectivity index (χ3v) is 4.73. The number of hydrogen-bond acceptors (Lipinski definition) is 4. The van der Waals surface area contributed by atoms with E-state index in [1.807, 2.05) is 0 Å². The number of carbonyl (C=O) groups excluding carboxylic acids is 1. The summed E-state index contributed by atoms with van der Waals surface area (Å²) in [5.74, 6) is 0.601. The Morgan fingerprint density at radius 1 is 1.09 bits per heavy atom. The van der Waals surface area contributed by atoms with Crippen LogP contribution < -0.4 is 20.2 Å². The lowest BCUT2D eigenvalue weighted by Crippen LogP contribution is -2.28. The first-order valence-electron chi connectivity index (χ1n) is 6.72. The Balaban J connectivity index is 1.86. The molecule has 23 heavy (non-hydrogen) atoms. The number of nitrogens with zero attached hydrogens (tertiary/aromatic N) is 2. The molecule has 0 aliphatic carbocycles. The Morgan fingerprint density at radius 3 is 2.61 bits per heavy atom. The lowest BCUT2D eigenvalue weighted by molar-refractivity contribution is 0.256. The van der Waals surface area contributed by atoms with Gasteiger partial charge in [0.25, 0.3) is 0 Å². The number of methoxy groups -OCH3 is 1. The number of carbonyl (C=O) groups is 1. The van der Waals surface area contributed by atoms with Crippen molar-refractivity contribution in [2.24, 2.45) is 9.98 Å². The van der Waals surface area contributed by atoms with Gasteiger partial charge in [-0.05, 0) is 24.3 Å². The van der Waals surface area contributed by atoms with Crippen LogP contribution in [0.5, 0.6) is 5.75 Å². The molecule has 0 saturated carbocycles. The van der Waals surface area contributed by atoms with E-state index in [4.69, 9.17) is 4.74 Å². The van der Waals surface area contributed by atoms with Crippen molar-refractivity contribution in [1.82, 2.24) is 4.72 Å². The molecule has 0 saturated heterocycles. The third-order valence-electron chi connectivity index (χ3n) is 3.33. The van der Waals surface area contributed by atoms with Crippen LogP contribution in [0.25, 0.3) is 0 Å². The molecule has 3 rings (SSSR count). The number of sulfonamides is 1. The monoisotopic (exact) mass is 331 g/mol. The van der Waals surface area contributed by atoms with Gasteiger partial charge in [0, 0.05) is 12.1 Å². The van der Waals surface area contributed by atoms with Crippen LogP contribution in [0.15, 0.2) is 57.3 Å². The molecule has 0 radical (unpaired) electrons. The van der Waals surface area contributed by atoms with Crippen LogP contribution in [0.3, 0.4) is 0 Å². The van der Waals surface area contributed by atoms with Gasteiger partial charge in [0.2, 0.25) is 10.0 Å². The Labute approximate surface area is 132 Å². The first-order chi connectivity index (χ1) is 11.0. The van der Waals surface area contributed by atoms with E-state index < -0.39 is 16.1 Å². The molecule has 2 aromatic rings. The zero-order valence-corrected chi connectivity index (χ0v) is 13.0. The van der Waals surface area contributed by atoms with Gasteiger partial charge in [-0.15, -0.1) is 0 Å². The van der Waals surface area contributed by atoms with E-state index in [1.165, 1.54) is 25.3 Å². The standard InChI is InChI=1S/C15H13N3O4S/c1-22-14-5-3-2-4-10(14)9-16-23(20,21)11-6-7-12-13(8-11)18-15(19)17-12/h2-8,16H,9H2,1H3. The number of urea groups is 1. The third kappa shape index (κ3) is 3.13. The maximum Gasteiger partial charge on any atom is 0.368 e. The molecule has 0 unspecified atom stereocenters. The van der Waals surface area contributed by atoms with Gasteiger partial charge < -0.3 is 4.74 Å². The summed E-state index contributed by atoms with van der Waals surface area (Å²) in [5, 5.41) is 0.633. The summed E-state index contributed by atoms with van der Waals surface area (Å²) in [6, 6.07) is 10.7. The highest BCUT2D eigenvalue weighted by atomic mass is 32.2. The van der Waals surface area contributed by atoms with Crippen LogP contribution in [-0.2, 0) is 16.6 Å². The van der Waals surface area contributed by atoms with Crippen LogP contribution >= 0.6 is 0 Å². The largest absolute Gasteiger partial charge is 0.496 e. The van der Waals surface area contributed by atoms with Gasteiger partial charge in [-0.25, -0.2) is 17.9 Å². The summed E-state index contributed by atoms with van der Waals surface area (Å²) in [7, 11) is -2.22. The molecule has 2 amide bonds. The smallest absolute Gasteiger partial charge is 0.368 e. The van der Waals surface area contributed by atoms with Crippen LogP contribution in [0.2, 0.25) is 0 Å². The number of nitrogens with one attached hydrogen (secondary N) is 1. The molecule has 0 atom stereocenters. The van der Waals surface area contributed by atoms with E-state index in [-0.39, 0.29) is 16.8 Å². The Morgan fingerprint density at radius 2 is 1.83 bits per heavy atom. The Kier molecular flexibility index (Phi) is 3.93. The van der Waals surface area contributed by atoms with Crippen LogP contribution in [0.1, 0.15) is 5.56 Å². The second kappa shape index (κ2) is 5.90. The minimum Gasteiger partial charge on any atom is -0.496 e. The molecule has 0 bridgehead atoms. The minimum absolute atomic E-state index is 0.0276. The maximum atomic E-state index is 12.4. The van der Waals surface area contributed by atoms with Crippen molar-refractivity contribution in [3.63, 3.8) is 0 Å². The molecule has 0 spiro atoms. The molecular weight excluding hydrogens is 318 g/mol. The highest BCUT2D eigenvalue weighted by molar-refractivity contribution is 7.89. The molecule has 0 fully saturated rings. The van der Waals surface area contributed by atoms with Gasteiger partial charge in [-0.3, -0.25) is 0 Å². The predicted octanol–water partition coefficient (Wildman–Crippen LogP) is 0.546. The van der Waals surface area contributed by atoms with Crippen LogP contribution in [0, 0.1) is 0 Å². The normalized spacial score (nSPS) is 13.2. The summed E-state index contributed by atoms with van der Waals surface area (Å²) in [4.78, 5) is 18.5. The molecule has 1 N–H and O–H groups in total. The molecular formula is C15H13N3O4S. The predicted molar refractivity (Wildman–Crippen MR) is 81.2 cm³/mol. The lowest BCUT2D eigenvalue weighted by atomic mass is 10.2. The van der Waals surface area contributed by atoms with Gasteiger partial charge in [-0.2, -0.15) is 9.98 Å². The first-order valence-corrected chi connectivity index (χ1v) is 8.21. The van der Waals surface area contributed by atoms with Crippen molar-refractivity contribution in [1.29, 1.82) is 0 Å². The second-order valence-corrected chi connectivity index (χ2v) is 6.56. The number of hydrogen-bond donors (Lipinski definition) is 1. The number of fused-ring (bicyclic) bond motifs is 1. The summed E-state index contributed by atoms with van der Waals surface area (Å²) in [6.07, 6.45) is 0. The van der Waals surface area contributed by atoms with Crippen LogP contribution in [-0.4, -0.2) is 21.6 Å². The average molecular weight is 331 g/mol. The molecule has 8 heteroatoms. The van der Waals surface area contributed by atoms with E-state index in [0.717, 1.165) is 5.56 Å². The number of amides is 2. The van der Waals surface area contributed by atoms with Crippen molar-refractivity contribution in [3.8, 4) is 5.75 Å². The molecule has 0 aromatic heterocycles. The van der Waals surface area contributed by atoms with E-state index in [9.17, 15) is 13.2 Å². The Hall–Kier alpha value is -2.58. The number of benzene rings is 2. The van der Waals surface area contributed by atoms with E-state index in [2.05, 4.69) is 14.7 Å². The van der Waals surface area contributed by atoms with Gasteiger partial charge >= 0.3 is 6.03 Å². The average Bonchev–Trinajstić information content (AvgIpc) is 2.92. The highest BCUT2D eigenvalue weighted by Crippen LogP contribution is 2.17. The van der Waals surface area contributed by atoms with Crippen LogP contribution in [0.4, 0.5) is 4.79 Å². The Bertz CT molecular complexity index is 1000. The topological polar surface area (TPSA) is 97.2 Å². The lowest BCUT2D eigenvalue weighted by Gasteiger charge is -2.10. The molecule has 1 aliphatic rings. The van der Waals surface area contributed by atoms with Crippen molar-refractivity contribution < 1.29 is 17.9 Å². The van der Waals surface area contributed by atoms with Crippen molar-refractivity contribution in [2.75, 3.05) is 7.11 Å². The number of ether oxygens (including phenoxy) is 1. The zero-order valence-electron chi connectivity index (χ0n) is 12.2. The molecule has 7 nitrogen and oxygen atoms in total. The maximum absolute atomic E-state index is 12.4.